The Labute approximate surface area is 99.6 Å². The Hall–Kier alpha value is -1.48. The van der Waals surface area contributed by atoms with Crippen LogP contribution in [0.4, 0.5) is 0 Å². The standard InChI is InChI=1S/C12H13ClO3/c1-9(6-13)8-16-12-4-3-11(15-2)5-10(12)7-14/h3-7H,8H2,1-2H3/b9-6+. The molecule has 0 heterocycles. The summed E-state index contributed by atoms with van der Waals surface area (Å²) in [6.45, 7) is 2.20. The molecule has 0 aliphatic carbocycles. The van der Waals surface area contributed by atoms with Crippen LogP contribution in [-0.4, -0.2) is 20.0 Å². The molecule has 0 aliphatic heterocycles. The Kier molecular flexibility index (Phi) is 4.86. The summed E-state index contributed by atoms with van der Waals surface area (Å²) in [6, 6.07) is 5.06. The highest BCUT2D eigenvalue weighted by Crippen LogP contribution is 2.23. The minimum Gasteiger partial charge on any atom is -0.497 e. The number of rotatable bonds is 5. The maximum Gasteiger partial charge on any atom is 0.153 e. The zero-order valence-corrected chi connectivity index (χ0v) is 9.95. The van der Waals surface area contributed by atoms with E-state index in [9.17, 15) is 4.79 Å². The molecule has 0 bridgehead atoms. The lowest BCUT2D eigenvalue weighted by molar-refractivity contribution is 0.111. The fourth-order valence-electron chi connectivity index (χ4n) is 1.10. The van der Waals surface area contributed by atoms with Gasteiger partial charge in [-0.3, -0.25) is 4.79 Å². The Balaban J connectivity index is 2.83. The molecule has 0 saturated carbocycles. The molecule has 0 N–H and O–H groups in total. The van der Waals surface area contributed by atoms with Crippen LogP contribution in [-0.2, 0) is 0 Å². The van der Waals surface area contributed by atoms with Crippen molar-refractivity contribution in [1.82, 2.24) is 0 Å². The summed E-state index contributed by atoms with van der Waals surface area (Å²) >= 11 is 5.51. The summed E-state index contributed by atoms with van der Waals surface area (Å²) in [5, 5.41) is 0. The molecule has 3 nitrogen and oxygen atoms in total. The van der Waals surface area contributed by atoms with Gasteiger partial charge in [0.2, 0.25) is 0 Å². The normalized spacial score (nSPS) is 11.1. The van der Waals surface area contributed by atoms with Gasteiger partial charge in [0.15, 0.2) is 6.29 Å². The first-order valence-electron chi connectivity index (χ1n) is 4.73. The van der Waals surface area contributed by atoms with Crippen LogP contribution in [0.25, 0.3) is 0 Å². The first kappa shape index (κ1) is 12.6. The predicted molar refractivity (Wildman–Crippen MR) is 63.5 cm³/mol. The highest BCUT2D eigenvalue weighted by molar-refractivity contribution is 6.25. The number of ether oxygens (including phenoxy) is 2. The van der Waals surface area contributed by atoms with E-state index >= 15 is 0 Å². The predicted octanol–water partition coefficient (Wildman–Crippen LogP) is 3.03. The van der Waals surface area contributed by atoms with Gasteiger partial charge >= 0.3 is 0 Å². The van der Waals surface area contributed by atoms with Crippen LogP contribution in [0, 0.1) is 0 Å². The first-order chi connectivity index (χ1) is 7.71. The van der Waals surface area contributed by atoms with Crippen molar-refractivity contribution >= 4 is 17.9 Å². The fraction of sp³-hybridized carbons (Fsp3) is 0.250. The molecule has 1 aromatic rings. The number of hydrogen-bond donors (Lipinski definition) is 0. The van der Waals surface area contributed by atoms with E-state index in [1.807, 2.05) is 6.92 Å². The SMILES string of the molecule is COc1ccc(OC/C(C)=C/Cl)c(C=O)c1. The van der Waals surface area contributed by atoms with Gasteiger partial charge in [-0.25, -0.2) is 0 Å². The summed E-state index contributed by atoms with van der Waals surface area (Å²) in [7, 11) is 1.55. The van der Waals surface area contributed by atoms with Crippen molar-refractivity contribution in [1.29, 1.82) is 0 Å². The molecule has 0 amide bonds. The maximum absolute atomic E-state index is 10.8. The topological polar surface area (TPSA) is 35.5 Å². The van der Waals surface area contributed by atoms with Crippen molar-refractivity contribution in [3.8, 4) is 11.5 Å². The van der Waals surface area contributed by atoms with E-state index in [1.54, 1.807) is 25.3 Å². The van der Waals surface area contributed by atoms with E-state index in [-0.39, 0.29) is 0 Å². The Morgan fingerprint density at radius 3 is 2.81 bits per heavy atom. The molecule has 0 aliphatic rings. The highest BCUT2D eigenvalue weighted by atomic mass is 35.5. The van der Waals surface area contributed by atoms with Crippen LogP contribution in [0.2, 0.25) is 0 Å². The average Bonchev–Trinajstić information content (AvgIpc) is 2.35. The molecule has 0 radical (unpaired) electrons. The average molecular weight is 241 g/mol. The van der Waals surface area contributed by atoms with Gasteiger partial charge in [-0.15, -0.1) is 0 Å². The lowest BCUT2D eigenvalue weighted by atomic mass is 10.2. The number of aldehydes is 1. The molecule has 0 spiro atoms. The molecule has 0 fully saturated rings. The number of carbonyl (C=O) groups excluding carboxylic acids is 1. The second-order valence-corrected chi connectivity index (χ2v) is 3.48. The third-order valence-electron chi connectivity index (χ3n) is 1.99. The van der Waals surface area contributed by atoms with E-state index in [0.29, 0.717) is 23.7 Å². The Bertz CT molecular complexity index is 399. The van der Waals surface area contributed by atoms with Gasteiger partial charge in [0.05, 0.1) is 12.7 Å². The molecular weight excluding hydrogens is 228 g/mol. The quantitative estimate of drug-likeness (QED) is 0.742. The van der Waals surface area contributed by atoms with Crippen LogP contribution >= 0.6 is 11.6 Å². The number of methoxy groups -OCH3 is 1. The van der Waals surface area contributed by atoms with Crippen molar-refractivity contribution in [2.24, 2.45) is 0 Å². The molecule has 0 aromatic heterocycles. The molecule has 1 rings (SSSR count). The summed E-state index contributed by atoms with van der Waals surface area (Å²) in [4.78, 5) is 10.8. The maximum atomic E-state index is 10.8. The highest BCUT2D eigenvalue weighted by Gasteiger charge is 2.04. The monoisotopic (exact) mass is 240 g/mol. The summed E-state index contributed by atoms with van der Waals surface area (Å²) in [6.07, 6.45) is 0.734. The smallest absolute Gasteiger partial charge is 0.153 e. The lowest BCUT2D eigenvalue weighted by Crippen LogP contribution is -2.01. The minimum atomic E-state index is 0.358. The number of hydrogen-bond acceptors (Lipinski definition) is 3. The van der Waals surface area contributed by atoms with Crippen LogP contribution in [0.3, 0.4) is 0 Å². The molecule has 86 valence electrons. The van der Waals surface area contributed by atoms with E-state index in [2.05, 4.69) is 0 Å². The summed E-state index contributed by atoms with van der Waals surface area (Å²) in [5.74, 6) is 1.15. The molecule has 0 saturated heterocycles. The van der Waals surface area contributed by atoms with Gasteiger partial charge in [0, 0.05) is 5.54 Å². The third-order valence-corrected chi connectivity index (χ3v) is 2.36. The van der Waals surface area contributed by atoms with Crippen molar-refractivity contribution in [2.45, 2.75) is 6.92 Å². The van der Waals surface area contributed by atoms with Gasteiger partial charge in [-0.05, 0) is 30.7 Å². The van der Waals surface area contributed by atoms with Crippen LogP contribution < -0.4 is 9.47 Å². The number of halogens is 1. The third kappa shape index (κ3) is 3.28. The zero-order valence-electron chi connectivity index (χ0n) is 9.20. The van der Waals surface area contributed by atoms with E-state index in [4.69, 9.17) is 21.1 Å². The number of carbonyl (C=O) groups is 1. The second kappa shape index (κ2) is 6.18. The lowest BCUT2D eigenvalue weighted by Gasteiger charge is -2.09. The van der Waals surface area contributed by atoms with Crippen LogP contribution in [0.15, 0.2) is 29.3 Å². The van der Waals surface area contributed by atoms with Crippen molar-refractivity contribution in [3.05, 3.63) is 34.9 Å². The van der Waals surface area contributed by atoms with Gasteiger partial charge in [0.25, 0.3) is 0 Å². The summed E-state index contributed by atoms with van der Waals surface area (Å²) < 4.78 is 10.5. The van der Waals surface area contributed by atoms with E-state index in [0.717, 1.165) is 11.9 Å². The van der Waals surface area contributed by atoms with E-state index < -0.39 is 0 Å². The van der Waals surface area contributed by atoms with Gasteiger partial charge < -0.3 is 9.47 Å². The van der Waals surface area contributed by atoms with Crippen molar-refractivity contribution in [2.75, 3.05) is 13.7 Å². The van der Waals surface area contributed by atoms with Crippen molar-refractivity contribution in [3.63, 3.8) is 0 Å². The Morgan fingerprint density at radius 1 is 1.50 bits per heavy atom. The van der Waals surface area contributed by atoms with Gasteiger partial charge in [0.1, 0.15) is 18.1 Å². The van der Waals surface area contributed by atoms with E-state index in [1.165, 1.54) is 5.54 Å². The second-order valence-electron chi connectivity index (χ2n) is 3.27. The first-order valence-corrected chi connectivity index (χ1v) is 5.16. The van der Waals surface area contributed by atoms with Crippen molar-refractivity contribution < 1.29 is 14.3 Å². The molecule has 0 unspecified atom stereocenters. The molecule has 1 aromatic carbocycles. The molecule has 16 heavy (non-hydrogen) atoms. The Morgan fingerprint density at radius 2 is 2.25 bits per heavy atom. The van der Waals surface area contributed by atoms with Crippen LogP contribution in [0.5, 0.6) is 11.5 Å². The largest absolute Gasteiger partial charge is 0.497 e. The summed E-state index contributed by atoms with van der Waals surface area (Å²) in [5.41, 5.74) is 2.79. The number of benzene rings is 1. The molecule has 0 atom stereocenters. The zero-order chi connectivity index (χ0) is 12.0. The fourth-order valence-corrected chi connectivity index (χ4v) is 1.16. The molecular formula is C12H13ClO3. The minimum absolute atomic E-state index is 0.358. The molecule has 4 heteroatoms. The van der Waals surface area contributed by atoms with Crippen LogP contribution in [0.1, 0.15) is 17.3 Å². The van der Waals surface area contributed by atoms with Gasteiger partial charge in [-0.2, -0.15) is 0 Å². The van der Waals surface area contributed by atoms with Gasteiger partial charge in [-0.1, -0.05) is 11.6 Å².